The van der Waals surface area contributed by atoms with Crippen molar-refractivity contribution in [2.45, 2.75) is 20.0 Å². The first-order valence-corrected chi connectivity index (χ1v) is 7.45. The predicted molar refractivity (Wildman–Crippen MR) is 84.3 cm³/mol. The van der Waals surface area contributed by atoms with Gasteiger partial charge < -0.3 is 14.4 Å². The number of hydrogen-bond acceptors (Lipinski definition) is 4. The van der Waals surface area contributed by atoms with Crippen molar-refractivity contribution in [2.24, 2.45) is 0 Å². The van der Waals surface area contributed by atoms with E-state index < -0.39 is 0 Å². The monoisotopic (exact) mass is 300 g/mol. The van der Waals surface area contributed by atoms with Crippen molar-refractivity contribution in [3.8, 4) is 5.75 Å². The van der Waals surface area contributed by atoms with Gasteiger partial charge in [-0.3, -0.25) is 9.78 Å². The van der Waals surface area contributed by atoms with Crippen molar-refractivity contribution >= 4 is 16.8 Å². The molecule has 1 fully saturated rings. The largest absolute Gasteiger partial charge is 0.497 e. The Morgan fingerprint density at radius 1 is 1.41 bits per heavy atom. The van der Waals surface area contributed by atoms with Crippen LogP contribution in [-0.2, 0) is 4.74 Å². The van der Waals surface area contributed by atoms with E-state index in [9.17, 15) is 4.79 Å². The van der Waals surface area contributed by atoms with Gasteiger partial charge >= 0.3 is 0 Å². The molecule has 1 amide bonds. The quantitative estimate of drug-likeness (QED) is 0.854. The number of amides is 1. The summed E-state index contributed by atoms with van der Waals surface area (Å²) in [6.07, 6.45) is 0.0755. The number of benzene rings is 1. The van der Waals surface area contributed by atoms with Gasteiger partial charge in [0.2, 0.25) is 0 Å². The number of ether oxygens (including phenoxy) is 2. The van der Waals surface area contributed by atoms with E-state index in [4.69, 9.17) is 9.47 Å². The van der Waals surface area contributed by atoms with Crippen LogP contribution in [0.4, 0.5) is 0 Å². The minimum atomic E-state index is 0.0184. The first kappa shape index (κ1) is 14.8. The molecule has 5 heteroatoms. The standard InChI is InChI=1S/C17H20N2O3/c1-11-10-19(6-7-22-11)17(20)15-9-13-8-14(21-3)4-5-16(13)18-12(15)2/h4-5,8-9,11H,6-7,10H2,1-3H3/t11-/m1/s1. The molecular formula is C17H20N2O3. The third-order valence-electron chi connectivity index (χ3n) is 3.97. The first-order valence-electron chi connectivity index (χ1n) is 7.45. The van der Waals surface area contributed by atoms with Gasteiger partial charge in [-0.2, -0.15) is 0 Å². The number of fused-ring (bicyclic) bond motifs is 1. The molecule has 0 radical (unpaired) electrons. The van der Waals surface area contributed by atoms with Crippen LogP contribution in [-0.4, -0.2) is 48.7 Å². The summed E-state index contributed by atoms with van der Waals surface area (Å²) in [4.78, 5) is 19.2. The van der Waals surface area contributed by atoms with Gasteiger partial charge in [-0.25, -0.2) is 0 Å². The third-order valence-corrected chi connectivity index (χ3v) is 3.97. The summed E-state index contributed by atoms with van der Waals surface area (Å²) in [5.41, 5.74) is 2.27. The van der Waals surface area contributed by atoms with Crippen molar-refractivity contribution in [2.75, 3.05) is 26.8 Å². The number of rotatable bonds is 2. The lowest BCUT2D eigenvalue weighted by atomic mass is 10.1. The summed E-state index contributed by atoms with van der Waals surface area (Å²) < 4.78 is 10.7. The number of methoxy groups -OCH3 is 1. The Kier molecular flexibility index (Phi) is 3.98. The number of pyridine rings is 1. The highest BCUT2D eigenvalue weighted by molar-refractivity contribution is 5.98. The first-order chi connectivity index (χ1) is 10.6. The van der Waals surface area contributed by atoms with Crippen molar-refractivity contribution < 1.29 is 14.3 Å². The minimum Gasteiger partial charge on any atom is -0.497 e. The Bertz CT molecular complexity index is 714. The molecule has 5 nitrogen and oxygen atoms in total. The highest BCUT2D eigenvalue weighted by atomic mass is 16.5. The molecule has 116 valence electrons. The van der Waals surface area contributed by atoms with Crippen LogP contribution in [0.25, 0.3) is 10.9 Å². The lowest BCUT2D eigenvalue weighted by Gasteiger charge is -2.31. The molecule has 3 rings (SSSR count). The number of carbonyl (C=O) groups excluding carboxylic acids is 1. The normalized spacial score (nSPS) is 18.5. The molecule has 1 aromatic heterocycles. The molecule has 0 aliphatic carbocycles. The van der Waals surface area contributed by atoms with Crippen LogP contribution in [0.5, 0.6) is 5.75 Å². The number of carbonyl (C=O) groups is 1. The number of hydrogen-bond donors (Lipinski definition) is 0. The molecule has 0 saturated carbocycles. The molecule has 0 unspecified atom stereocenters. The van der Waals surface area contributed by atoms with Gasteiger partial charge in [-0.05, 0) is 38.1 Å². The second kappa shape index (κ2) is 5.93. The molecule has 0 N–H and O–H groups in total. The zero-order valence-electron chi connectivity index (χ0n) is 13.1. The molecule has 0 spiro atoms. The maximum atomic E-state index is 12.8. The number of aryl methyl sites for hydroxylation is 1. The fourth-order valence-corrected chi connectivity index (χ4v) is 2.77. The summed E-state index contributed by atoms with van der Waals surface area (Å²) in [5, 5.41) is 0.912. The van der Waals surface area contributed by atoms with Gasteiger partial charge in [-0.1, -0.05) is 0 Å². The van der Waals surface area contributed by atoms with E-state index in [0.29, 0.717) is 25.3 Å². The fourth-order valence-electron chi connectivity index (χ4n) is 2.77. The van der Waals surface area contributed by atoms with Crippen molar-refractivity contribution in [1.29, 1.82) is 0 Å². The van der Waals surface area contributed by atoms with E-state index in [2.05, 4.69) is 4.98 Å². The summed E-state index contributed by atoms with van der Waals surface area (Å²) in [5.74, 6) is 0.779. The molecule has 0 bridgehead atoms. The highest BCUT2D eigenvalue weighted by Crippen LogP contribution is 2.23. The maximum absolute atomic E-state index is 12.8. The van der Waals surface area contributed by atoms with E-state index in [1.807, 2.05) is 43.0 Å². The zero-order valence-corrected chi connectivity index (χ0v) is 13.1. The number of nitrogens with zero attached hydrogens (tertiary/aromatic N) is 2. The molecule has 1 saturated heterocycles. The smallest absolute Gasteiger partial charge is 0.255 e. The summed E-state index contributed by atoms with van der Waals surface area (Å²) in [6.45, 7) is 5.69. The van der Waals surface area contributed by atoms with Crippen molar-refractivity contribution in [3.05, 3.63) is 35.5 Å². The fraction of sp³-hybridized carbons (Fsp3) is 0.412. The van der Waals surface area contributed by atoms with Crippen molar-refractivity contribution in [3.63, 3.8) is 0 Å². The van der Waals surface area contributed by atoms with E-state index in [1.54, 1.807) is 7.11 Å². The highest BCUT2D eigenvalue weighted by Gasteiger charge is 2.24. The van der Waals surface area contributed by atoms with Crippen LogP contribution < -0.4 is 4.74 Å². The van der Waals surface area contributed by atoms with Crippen molar-refractivity contribution in [1.82, 2.24) is 9.88 Å². The van der Waals surface area contributed by atoms with Crippen LogP contribution >= 0.6 is 0 Å². The van der Waals surface area contributed by atoms with E-state index in [-0.39, 0.29) is 12.0 Å². The minimum absolute atomic E-state index is 0.0184. The average Bonchev–Trinajstić information content (AvgIpc) is 2.53. The van der Waals surface area contributed by atoms with Crippen LogP contribution in [0.2, 0.25) is 0 Å². The molecular weight excluding hydrogens is 280 g/mol. The number of morpholine rings is 1. The lowest BCUT2D eigenvalue weighted by Crippen LogP contribution is -2.44. The molecule has 1 atom stereocenters. The Labute approximate surface area is 129 Å². The van der Waals surface area contributed by atoms with Gasteiger partial charge in [-0.15, -0.1) is 0 Å². The second-order valence-corrected chi connectivity index (χ2v) is 5.61. The molecule has 22 heavy (non-hydrogen) atoms. The van der Waals surface area contributed by atoms with Crippen LogP contribution in [0.3, 0.4) is 0 Å². The lowest BCUT2D eigenvalue weighted by molar-refractivity contribution is -0.0124. The van der Waals surface area contributed by atoms with Gasteiger partial charge in [0.1, 0.15) is 5.75 Å². The predicted octanol–water partition coefficient (Wildman–Crippen LogP) is 2.41. The summed E-state index contributed by atoms with van der Waals surface area (Å²) in [7, 11) is 1.63. The Balaban J connectivity index is 1.98. The van der Waals surface area contributed by atoms with Crippen LogP contribution in [0.1, 0.15) is 23.0 Å². The van der Waals surface area contributed by atoms with Crippen LogP contribution in [0.15, 0.2) is 24.3 Å². The maximum Gasteiger partial charge on any atom is 0.255 e. The zero-order chi connectivity index (χ0) is 15.7. The number of aromatic nitrogens is 1. The summed E-state index contributed by atoms with van der Waals surface area (Å²) >= 11 is 0. The average molecular weight is 300 g/mol. The summed E-state index contributed by atoms with van der Waals surface area (Å²) in [6, 6.07) is 7.59. The Morgan fingerprint density at radius 3 is 2.95 bits per heavy atom. The van der Waals surface area contributed by atoms with E-state index >= 15 is 0 Å². The molecule has 1 aliphatic heterocycles. The van der Waals surface area contributed by atoms with Crippen LogP contribution in [0, 0.1) is 6.92 Å². The van der Waals surface area contributed by atoms with E-state index in [0.717, 1.165) is 22.3 Å². The van der Waals surface area contributed by atoms with Gasteiger partial charge in [0.05, 0.1) is 36.6 Å². The van der Waals surface area contributed by atoms with Gasteiger partial charge in [0.15, 0.2) is 0 Å². The van der Waals surface area contributed by atoms with E-state index in [1.165, 1.54) is 0 Å². The Hall–Kier alpha value is -2.14. The topological polar surface area (TPSA) is 51.7 Å². The Morgan fingerprint density at radius 2 is 2.23 bits per heavy atom. The van der Waals surface area contributed by atoms with Gasteiger partial charge in [0, 0.05) is 18.5 Å². The molecule has 2 aromatic rings. The molecule has 2 heterocycles. The third kappa shape index (κ3) is 2.76. The molecule has 1 aromatic carbocycles. The molecule has 1 aliphatic rings. The van der Waals surface area contributed by atoms with Gasteiger partial charge in [0.25, 0.3) is 5.91 Å². The second-order valence-electron chi connectivity index (χ2n) is 5.61. The SMILES string of the molecule is COc1ccc2nc(C)c(C(=O)N3CCO[C@H](C)C3)cc2c1.